The molecule has 1 aliphatic heterocycles. The Morgan fingerprint density at radius 2 is 1.89 bits per heavy atom. The van der Waals surface area contributed by atoms with Gasteiger partial charge in [-0.25, -0.2) is 9.59 Å². The zero-order chi connectivity index (χ0) is 26.2. The Hall–Kier alpha value is -4.25. The van der Waals surface area contributed by atoms with E-state index in [1.807, 2.05) is 6.07 Å². The Morgan fingerprint density at radius 1 is 1.08 bits per heavy atom. The third kappa shape index (κ3) is 6.50. The quantitative estimate of drug-likeness (QED) is 0.461. The van der Waals surface area contributed by atoms with Crippen LogP contribution in [0.1, 0.15) is 15.2 Å². The van der Waals surface area contributed by atoms with Gasteiger partial charge in [0.1, 0.15) is 12.1 Å². The van der Waals surface area contributed by atoms with E-state index in [1.54, 1.807) is 66.3 Å². The Balaban J connectivity index is 1.54. The number of piperazine rings is 1. The van der Waals surface area contributed by atoms with Crippen molar-refractivity contribution < 1.29 is 23.9 Å². The highest BCUT2D eigenvalue weighted by molar-refractivity contribution is 7.12. The van der Waals surface area contributed by atoms with E-state index in [-0.39, 0.29) is 38.0 Å². The second-order valence-corrected chi connectivity index (χ2v) is 9.33. The summed E-state index contributed by atoms with van der Waals surface area (Å²) in [5.74, 6) is -1.48. The molecule has 0 aliphatic carbocycles. The van der Waals surface area contributed by atoms with E-state index in [1.165, 1.54) is 28.2 Å². The second kappa shape index (κ2) is 12.1. The number of hydrogen-bond donors (Lipinski definition) is 2. The van der Waals surface area contributed by atoms with Crippen molar-refractivity contribution in [1.29, 1.82) is 0 Å². The van der Waals surface area contributed by atoms with E-state index < -0.39 is 24.0 Å². The maximum atomic E-state index is 13.5. The number of hydrogen-bond acceptors (Lipinski definition) is 7. The minimum Gasteiger partial charge on any atom is -0.467 e. The lowest BCUT2D eigenvalue weighted by Gasteiger charge is -2.40. The van der Waals surface area contributed by atoms with Crippen molar-refractivity contribution in [3.8, 4) is 0 Å². The van der Waals surface area contributed by atoms with Crippen LogP contribution in [-0.4, -0.2) is 77.4 Å². The van der Waals surface area contributed by atoms with E-state index in [9.17, 15) is 19.2 Å². The molecule has 1 fully saturated rings. The van der Waals surface area contributed by atoms with Gasteiger partial charge >= 0.3 is 12.0 Å². The molecule has 0 radical (unpaired) electrons. The predicted octanol–water partition coefficient (Wildman–Crippen LogP) is 2.40. The number of esters is 1. The summed E-state index contributed by atoms with van der Waals surface area (Å²) < 4.78 is 4.90. The molecule has 0 saturated carbocycles. The van der Waals surface area contributed by atoms with E-state index >= 15 is 0 Å². The van der Waals surface area contributed by atoms with Gasteiger partial charge in [0.15, 0.2) is 0 Å². The van der Waals surface area contributed by atoms with E-state index in [4.69, 9.17) is 4.74 Å². The first-order valence-corrected chi connectivity index (χ1v) is 12.6. The number of carbonyl (C=O) groups is 4. The van der Waals surface area contributed by atoms with Crippen molar-refractivity contribution in [3.63, 3.8) is 0 Å². The standard InChI is InChI=1S/C26H27N5O5S/c1-36-25(34)20(15-18-7-5-11-27-16-18)29-23(32)21-17-30(26(35)28-19-8-3-2-4-9-19)12-13-31(21)24(33)22-10-6-14-37-22/h2-11,14,16,20-21H,12-13,15,17H2,1H3,(H,28,35)(H,29,32). The molecule has 1 aromatic carbocycles. The number of aromatic nitrogens is 1. The number of amides is 4. The van der Waals surface area contributed by atoms with Crippen molar-refractivity contribution in [2.75, 3.05) is 32.1 Å². The van der Waals surface area contributed by atoms with Gasteiger partial charge in [-0.1, -0.05) is 30.3 Å². The van der Waals surface area contributed by atoms with Crippen LogP contribution in [0, 0.1) is 0 Å². The highest BCUT2D eigenvalue weighted by Crippen LogP contribution is 2.19. The van der Waals surface area contributed by atoms with Crippen molar-refractivity contribution in [2.45, 2.75) is 18.5 Å². The predicted molar refractivity (Wildman–Crippen MR) is 138 cm³/mol. The van der Waals surface area contributed by atoms with Crippen molar-refractivity contribution >= 4 is 40.8 Å². The largest absolute Gasteiger partial charge is 0.467 e. The highest BCUT2D eigenvalue weighted by atomic mass is 32.1. The summed E-state index contributed by atoms with van der Waals surface area (Å²) >= 11 is 1.27. The summed E-state index contributed by atoms with van der Waals surface area (Å²) in [5.41, 5.74) is 1.35. The number of rotatable bonds is 7. The van der Waals surface area contributed by atoms with Crippen LogP contribution in [0.25, 0.3) is 0 Å². The van der Waals surface area contributed by atoms with Crippen LogP contribution in [0.3, 0.4) is 0 Å². The molecule has 2 unspecified atom stereocenters. The van der Waals surface area contributed by atoms with Crippen LogP contribution in [0.4, 0.5) is 10.5 Å². The van der Waals surface area contributed by atoms with E-state index in [0.29, 0.717) is 10.6 Å². The lowest BCUT2D eigenvalue weighted by molar-refractivity contribution is -0.145. The fourth-order valence-electron chi connectivity index (χ4n) is 4.06. The molecule has 37 heavy (non-hydrogen) atoms. The topological polar surface area (TPSA) is 121 Å². The van der Waals surface area contributed by atoms with Crippen LogP contribution >= 0.6 is 11.3 Å². The van der Waals surface area contributed by atoms with Gasteiger partial charge in [0.25, 0.3) is 5.91 Å². The number of carbonyl (C=O) groups excluding carboxylic acids is 4. The molecule has 2 atom stereocenters. The van der Waals surface area contributed by atoms with Gasteiger partial charge < -0.3 is 25.2 Å². The maximum absolute atomic E-state index is 13.5. The number of anilines is 1. The number of para-hydroxylation sites is 1. The number of benzene rings is 1. The normalized spacial score (nSPS) is 16.0. The van der Waals surface area contributed by atoms with Crippen molar-refractivity contribution in [2.24, 2.45) is 0 Å². The van der Waals surface area contributed by atoms with Crippen LogP contribution in [0.2, 0.25) is 0 Å². The molecule has 0 bridgehead atoms. The van der Waals surface area contributed by atoms with Gasteiger partial charge in [0.05, 0.1) is 18.5 Å². The van der Waals surface area contributed by atoms with Crippen LogP contribution in [0.5, 0.6) is 0 Å². The average molecular weight is 522 g/mol. The molecule has 1 aliphatic rings. The molecular formula is C26H27N5O5S. The fourth-order valence-corrected chi connectivity index (χ4v) is 4.74. The molecule has 192 valence electrons. The Kier molecular flexibility index (Phi) is 8.47. The van der Waals surface area contributed by atoms with E-state index in [0.717, 1.165) is 5.56 Å². The van der Waals surface area contributed by atoms with E-state index in [2.05, 4.69) is 15.6 Å². The highest BCUT2D eigenvalue weighted by Gasteiger charge is 2.39. The molecule has 4 rings (SSSR count). The van der Waals surface area contributed by atoms with Crippen LogP contribution in [-0.2, 0) is 20.7 Å². The number of ether oxygens (including phenoxy) is 1. The summed E-state index contributed by atoms with van der Waals surface area (Å²) in [6.45, 7) is 0.362. The Bertz CT molecular complexity index is 1220. The number of nitrogens with one attached hydrogen (secondary N) is 2. The molecule has 1 saturated heterocycles. The van der Waals surface area contributed by atoms with Gasteiger partial charge in [0.2, 0.25) is 5.91 Å². The van der Waals surface area contributed by atoms with Crippen molar-refractivity contribution in [1.82, 2.24) is 20.1 Å². The monoisotopic (exact) mass is 521 g/mol. The van der Waals surface area contributed by atoms with Crippen LogP contribution in [0.15, 0.2) is 72.4 Å². The zero-order valence-corrected chi connectivity index (χ0v) is 21.0. The maximum Gasteiger partial charge on any atom is 0.328 e. The Labute approximate surface area is 218 Å². The lowest BCUT2D eigenvalue weighted by atomic mass is 10.1. The van der Waals surface area contributed by atoms with Crippen molar-refractivity contribution in [3.05, 3.63) is 82.8 Å². The molecular weight excluding hydrogens is 494 g/mol. The first kappa shape index (κ1) is 25.8. The van der Waals surface area contributed by atoms with Gasteiger partial charge in [-0.3, -0.25) is 14.6 Å². The average Bonchev–Trinajstić information content (AvgIpc) is 3.48. The second-order valence-electron chi connectivity index (χ2n) is 8.38. The first-order valence-electron chi connectivity index (χ1n) is 11.7. The fraction of sp³-hybridized carbons (Fsp3) is 0.269. The third-order valence-corrected chi connectivity index (χ3v) is 6.81. The number of pyridine rings is 1. The molecule has 4 amide bonds. The molecule has 11 heteroatoms. The zero-order valence-electron chi connectivity index (χ0n) is 20.2. The number of methoxy groups -OCH3 is 1. The molecule has 2 N–H and O–H groups in total. The summed E-state index contributed by atoms with van der Waals surface area (Å²) in [6, 6.07) is 13.6. The van der Waals surface area contributed by atoms with Gasteiger partial charge in [-0.05, 0) is 35.2 Å². The minimum absolute atomic E-state index is 0.0393. The Morgan fingerprint density at radius 3 is 2.57 bits per heavy atom. The first-order chi connectivity index (χ1) is 18.0. The number of urea groups is 1. The van der Waals surface area contributed by atoms with Crippen LogP contribution < -0.4 is 10.6 Å². The lowest BCUT2D eigenvalue weighted by Crippen LogP contribution is -2.63. The molecule has 2 aromatic heterocycles. The van der Waals surface area contributed by atoms with Gasteiger partial charge in [0, 0.05) is 37.6 Å². The molecule has 0 spiro atoms. The summed E-state index contributed by atoms with van der Waals surface area (Å²) in [7, 11) is 1.24. The van der Waals surface area contributed by atoms with Gasteiger partial charge in [-0.15, -0.1) is 11.3 Å². The summed E-state index contributed by atoms with van der Waals surface area (Å²) in [5, 5.41) is 7.34. The minimum atomic E-state index is -1.01. The third-order valence-electron chi connectivity index (χ3n) is 5.95. The molecule has 10 nitrogen and oxygen atoms in total. The number of thiophene rings is 1. The molecule has 3 aromatic rings. The number of nitrogens with zero attached hydrogens (tertiary/aromatic N) is 3. The van der Waals surface area contributed by atoms with Gasteiger partial charge in [-0.2, -0.15) is 0 Å². The molecule has 3 heterocycles. The summed E-state index contributed by atoms with van der Waals surface area (Å²) in [6.07, 6.45) is 3.38. The smallest absolute Gasteiger partial charge is 0.328 e. The summed E-state index contributed by atoms with van der Waals surface area (Å²) in [4.78, 5) is 59.7. The SMILES string of the molecule is COC(=O)C(Cc1cccnc1)NC(=O)C1CN(C(=O)Nc2ccccc2)CCN1C(=O)c1cccs1.